The lowest BCUT2D eigenvalue weighted by molar-refractivity contribution is 0.232. The first-order valence-corrected chi connectivity index (χ1v) is 10.1. The number of hydrogen-bond donors (Lipinski definition) is 2. The first kappa shape index (κ1) is 22.6. The molecule has 0 saturated carbocycles. The molecule has 2 N–H and O–H groups in total. The Morgan fingerprint density at radius 2 is 1.96 bits per heavy atom. The molecule has 7 heteroatoms. The number of piperidine rings is 1. The third-order valence-electron chi connectivity index (χ3n) is 4.21. The molecule has 25 heavy (non-hydrogen) atoms. The number of aromatic nitrogens is 1. The van der Waals surface area contributed by atoms with Gasteiger partial charge in [0.25, 0.3) is 0 Å². The van der Waals surface area contributed by atoms with Crippen molar-refractivity contribution in [1.29, 1.82) is 0 Å². The molecule has 144 valence electrons. The maximum absolute atomic E-state index is 4.71. The van der Waals surface area contributed by atoms with Gasteiger partial charge in [0.05, 0.1) is 12.2 Å². The van der Waals surface area contributed by atoms with Gasteiger partial charge in [-0.1, -0.05) is 27.2 Å². The average Bonchev–Trinajstić information content (AvgIpc) is 3.03. The highest BCUT2D eigenvalue weighted by Crippen LogP contribution is 2.24. The molecule has 1 fully saturated rings. The standard InChI is InChI=1S/C18H33N5S.HI/c1-5-19-17(20-9-12-23-10-7-6-8-11-23)21-13-16-22-15(14-24-16)18(2,3)4;/h14H,5-13H2,1-4H3,(H2,19,20,21);1H. The molecule has 0 aromatic carbocycles. The molecule has 0 atom stereocenters. The number of guanidine groups is 1. The number of aliphatic imine (C=N–C) groups is 1. The molecule has 0 unspecified atom stereocenters. The highest BCUT2D eigenvalue weighted by Gasteiger charge is 2.17. The first-order valence-electron chi connectivity index (χ1n) is 9.18. The van der Waals surface area contributed by atoms with Crippen LogP contribution in [0.4, 0.5) is 0 Å². The van der Waals surface area contributed by atoms with Crippen molar-refractivity contribution in [3.05, 3.63) is 16.1 Å². The Morgan fingerprint density at radius 3 is 2.56 bits per heavy atom. The number of hydrogen-bond acceptors (Lipinski definition) is 4. The van der Waals surface area contributed by atoms with E-state index in [9.17, 15) is 0 Å². The lowest BCUT2D eigenvalue weighted by atomic mass is 9.93. The van der Waals surface area contributed by atoms with Crippen molar-refractivity contribution in [3.63, 3.8) is 0 Å². The Morgan fingerprint density at radius 1 is 1.24 bits per heavy atom. The van der Waals surface area contributed by atoms with Crippen molar-refractivity contribution in [3.8, 4) is 0 Å². The highest BCUT2D eigenvalue weighted by molar-refractivity contribution is 14.0. The van der Waals surface area contributed by atoms with Crippen molar-refractivity contribution in [2.45, 2.75) is 58.9 Å². The maximum Gasteiger partial charge on any atom is 0.191 e. The number of likely N-dealkylation sites (tertiary alicyclic amines) is 1. The fourth-order valence-corrected chi connectivity index (χ4v) is 3.68. The van der Waals surface area contributed by atoms with E-state index in [2.05, 4.69) is 53.6 Å². The number of thiazole rings is 1. The van der Waals surface area contributed by atoms with Crippen LogP contribution in [0.5, 0.6) is 0 Å². The Kier molecular flexibility index (Phi) is 10.3. The largest absolute Gasteiger partial charge is 0.357 e. The fourth-order valence-electron chi connectivity index (χ4n) is 2.73. The SMILES string of the molecule is CCNC(=NCc1nc(C(C)(C)C)cs1)NCCN1CCCCC1.I. The van der Waals surface area contributed by atoms with E-state index in [-0.39, 0.29) is 29.4 Å². The van der Waals surface area contributed by atoms with Gasteiger partial charge in [-0.05, 0) is 32.9 Å². The van der Waals surface area contributed by atoms with Gasteiger partial charge in [-0.2, -0.15) is 0 Å². The second-order valence-corrected chi connectivity index (χ2v) is 8.34. The van der Waals surface area contributed by atoms with E-state index in [1.165, 1.54) is 32.4 Å². The lowest BCUT2D eigenvalue weighted by Crippen LogP contribution is -2.42. The van der Waals surface area contributed by atoms with Crippen molar-refractivity contribution in [2.24, 2.45) is 4.99 Å². The maximum atomic E-state index is 4.71. The van der Waals surface area contributed by atoms with Crippen molar-refractivity contribution >= 4 is 41.3 Å². The molecule has 1 aromatic heterocycles. The van der Waals surface area contributed by atoms with Crippen LogP contribution in [0.1, 0.15) is 57.7 Å². The van der Waals surface area contributed by atoms with Crippen LogP contribution in [0.15, 0.2) is 10.4 Å². The van der Waals surface area contributed by atoms with E-state index in [0.717, 1.165) is 36.3 Å². The Balaban J connectivity index is 0.00000312. The van der Waals surface area contributed by atoms with Gasteiger partial charge in [0, 0.05) is 30.4 Å². The third-order valence-corrected chi connectivity index (χ3v) is 5.04. The van der Waals surface area contributed by atoms with E-state index >= 15 is 0 Å². The van der Waals surface area contributed by atoms with E-state index in [1.807, 2.05) is 0 Å². The molecule has 2 heterocycles. The van der Waals surface area contributed by atoms with Crippen LogP contribution >= 0.6 is 35.3 Å². The minimum absolute atomic E-state index is 0. The van der Waals surface area contributed by atoms with Gasteiger partial charge in [-0.3, -0.25) is 0 Å². The zero-order valence-electron chi connectivity index (χ0n) is 16.1. The predicted octanol–water partition coefficient (Wildman–Crippen LogP) is 3.60. The van der Waals surface area contributed by atoms with Crippen LogP contribution in [0.3, 0.4) is 0 Å². The van der Waals surface area contributed by atoms with Crippen LogP contribution in [0, 0.1) is 0 Å². The molecule has 0 spiro atoms. The summed E-state index contributed by atoms with van der Waals surface area (Å²) >= 11 is 1.70. The monoisotopic (exact) mass is 479 g/mol. The summed E-state index contributed by atoms with van der Waals surface area (Å²) in [5.74, 6) is 0.891. The zero-order valence-corrected chi connectivity index (χ0v) is 19.2. The first-order chi connectivity index (χ1) is 11.5. The molecule has 1 aliphatic rings. The van der Waals surface area contributed by atoms with Crippen LogP contribution < -0.4 is 10.6 Å². The van der Waals surface area contributed by atoms with E-state index < -0.39 is 0 Å². The molecule has 0 bridgehead atoms. The zero-order chi connectivity index (χ0) is 17.4. The summed E-state index contributed by atoms with van der Waals surface area (Å²) in [6.07, 6.45) is 4.07. The quantitative estimate of drug-likeness (QED) is 0.372. The normalized spacial score (nSPS) is 16.4. The minimum atomic E-state index is 0. The van der Waals surface area contributed by atoms with Gasteiger partial charge in [-0.25, -0.2) is 9.98 Å². The summed E-state index contributed by atoms with van der Waals surface area (Å²) in [6.45, 7) is 14.7. The molecule has 1 saturated heterocycles. The average molecular weight is 479 g/mol. The third kappa shape index (κ3) is 8.21. The lowest BCUT2D eigenvalue weighted by Gasteiger charge is -2.26. The molecule has 5 nitrogen and oxygen atoms in total. The Labute approximate surface area is 174 Å². The summed E-state index contributed by atoms with van der Waals surface area (Å²) in [5, 5.41) is 10.0. The van der Waals surface area contributed by atoms with E-state index in [4.69, 9.17) is 4.98 Å². The number of nitrogens with zero attached hydrogens (tertiary/aromatic N) is 3. The number of rotatable bonds is 6. The topological polar surface area (TPSA) is 52.6 Å². The predicted molar refractivity (Wildman–Crippen MR) is 119 cm³/mol. The number of halogens is 1. The molecule has 0 aliphatic carbocycles. The van der Waals surface area contributed by atoms with Crippen LogP contribution in [0.25, 0.3) is 0 Å². The second-order valence-electron chi connectivity index (χ2n) is 7.40. The van der Waals surface area contributed by atoms with Gasteiger partial charge >= 0.3 is 0 Å². The summed E-state index contributed by atoms with van der Waals surface area (Å²) in [4.78, 5) is 11.9. The van der Waals surface area contributed by atoms with Gasteiger partial charge < -0.3 is 15.5 Å². The summed E-state index contributed by atoms with van der Waals surface area (Å²) in [6, 6.07) is 0. The number of nitrogens with one attached hydrogen (secondary N) is 2. The fraction of sp³-hybridized carbons (Fsp3) is 0.778. The van der Waals surface area contributed by atoms with E-state index in [0.29, 0.717) is 6.54 Å². The van der Waals surface area contributed by atoms with Crippen molar-refractivity contribution in [1.82, 2.24) is 20.5 Å². The Bertz CT molecular complexity index is 518. The smallest absolute Gasteiger partial charge is 0.191 e. The minimum Gasteiger partial charge on any atom is -0.357 e. The van der Waals surface area contributed by atoms with Gasteiger partial charge in [0.15, 0.2) is 5.96 Å². The van der Waals surface area contributed by atoms with E-state index in [1.54, 1.807) is 11.3 Å². The summed E-state index contributed by atoms with van der Waals surface area (Å²) < 4.78 is 0. The molecule has 0 amide bonds. The van der Waals surface area contributed by atoms with Crippen molar-refractivity contribution < 1.29 is 0 Å². The van der Waals surface area contributed by atoms with Gasteiger partial charge in [-0.15, -0.1) is 35.3 Å². The second kappa shape index (κ2) is 11.3. The molecule has 1 aliphatic heterocycles. The Hall–Kier alpha value is -0.410. The molecule has 2 rings (SSSR count). The summed E-state index contributed by atoms with van der Waals surface area (Å²) in [5.41, 5.74) is 1.26. The van der Waals surface area contributed by atoms with Gasteiger partial charge in [0.1, 0.15) is 5.01 Å². The highest BCUT2D eigenvalue weighted by atomic mass is 127. The summed E-state index contributed by atoms with van der Waals surface area (Å²) in [7, 11) is 0. The van der Waals surface area contributed by atoms with Crippen LogP contribution in [0.2, 0.25) is 0 Å². The van der Waals surface area contributed by atoms with Crippen LogP contribution in [-0.4, -0.2) is 48.6 Å². The van der Waals surface area contributed by atoms with Crippen LogP contribution in [-0.2, 0) is 12.0 Å². The molecular weight excluding hydrogens is 445 g/mol. The molecule has 1 aromatic rings. The van der Waals surface area contributed by atoms with Crippen molar-refractivity contribution in [2.75, 3.05) is 32.7 Å². The molecular formula is C18H34IN5S. The molecule has 0 radical (unpaired) electrons. The van der Waals surface area contributed by atoms with Gasteiger partial charge in [0.2, 0.25) is 0 Å².